The number of aryl methyl sites for hydroxylation is 1. The summed E-state index contributed by atoms with van der Waals surface area (Å²) in [4.78, 5) is 25.4. The molecule has 0 spiro atoms. The molecule has 9 heteroatoms. The number of ether oxygens (including phenoxy) is 1. The zero-order chi connectivity index (χ0) is 19.6. The van der Waals surface area contributed by atoms with Gasteiger partial charge >= 0.3 is 0 Å². The fourth-order valence-corrected chi connectivity index (χ4v) is 3.13. The molecule has 2 heterocycles. The first-order chi connectivity index (χ1) is 12.8. The van der Waals surface area contributed by atoms with Crippen LogP contribution in [-0.2, 0) is 18.3 Å². The summed E-state index contributed by atoms with van der Waals surface area (Å²) in [6, 6.07) is 5.12. The Morgan fingerprint density at radius 2 is 2.00 bits per heavy atom. The molecule has 0 aliphatic carbocycles. The Morgan fingerprint density at radius 3 is 2.63 bits per heavy atom. The highest BCUT2D eigenvalue weighted by Crippen LogP contribution is 2.26. The standard InChI is InChI=1S/C18H18ClF2N3O3/c1-23-16(25)3-2-11(22-23)8-17(26)24-6-4-12(5-7-24)27-13-9-14(19)18(21)15(20)10-13/h2-3,9-10,12H,4-8H2,1H3. The number of halogens is 3. The van der Waals surface area contributed by atoms with Crippen molar-refractivity contribution in [3.8, 4) is 5.75 Å². The third kappa shape index (κ3) is 4.63. The van der Waals surface area contributed by atoms with Crippen molar-refractivity contribution < 1.29 is 18.3 Å². The number of benzene rings is 1. The molecule has 1 amide bonds. The summed E-state index contributed by atoms with van der Waals surface area (Å²) in [6.07, 6.45) is 1.01. The summed E-state index contributed by atoms with van der Waals surface area (Å²) < 4.78 is 33.5. The van der Waals surface area contributed by atoms with E-state index in [1.54, 1.807) is 11.0 Å². The summed E-state index contributed by atoms with van der Waals surface area (Å²) >= 11 is 5.62. The first kappa shape index (κ1) is 19.3. The molecule has 0 saturated carbocycles. The Kier molecular flexibility index (Phi) is 5.74. The average molecular weight is 398 g/mol. The van der Waals surface area contributed by atoms with Gasteiger partial charge in [-0.25, -0.2) is 13.5 Å². The molecule has 2 aromatic rings. The Balaban J connectivity index is 1.54. The third-order valence-electron chi connectivity index (χ3n) is 4.40. The molecule has 6 nitrogen and oxygen atoms in total. The fraction of sp³-hybridized carbons (Fsp3) is 0.389. The van der Waals surface area contributed by atoms with E-state index in [1.807, 2.05) is 0 Å². The molecule has 1 fully saturated rings. The van der Waals surface area contributed by atoms with E-state index in [0.29, 0.717) is 31.6 Å². The topological polar surface area (TPSA) is 64.4 Å². The lowest BCUT2D eigenvalue weighted by Gasteiger charge is -2.32. The van der Waals surface area contributed by atoms with E-state index in [4.69, 9.17) is 16.3 Å². The van der Waals surface area contributed by atoms with Crippen LogP contribution in [0.2, 0.25) is 5.02 Å². The summed E-state index contributed by atoms with van der Waals surface area (Å²) in [5.74, 6) is -2.08. The molecule has 144 valence electrons. The van der Waals surface area contributed by atoms with E-state index in [0.717, 1.165) is 6.07 Å². The van der Waals surface area contributed by atoms with Gasteiger partial charge in [0.2, 0.25) is 5.91 Å². The second-order valence-electron chi connectivity index (χ2n) is 6.36. The number of hydrogen-bond donors (Lipinski definition) is 0. The Hall–Kier alpha value is -2.48. The van der Waals surface area contributed by atoms with Gasteiger partial charge in [-0.15, -0.1) is 0 Å². The van der Waals surface area contributed by atoms with Crippen LogP contribution < -0.4 is 10.3 Å². The van der Waals surface area contributed by atoms with Crippen molar-refractivity contribution >= 4 is 17.5 Å². The van der Waals surface area contributed by atoms with E-state index in [2.05, 4.69) is 5.10 Å². The summed E-state index contributed by atoms with van der Waals surface area (Å²) in [5, 5.41) is 3.72. The van der Waals surface area contributed by atoms with Gasteiger partial charge in [0.1, 0.15) is 11.9 Å². The molecule has 0 N–H and O–H groups in total. The molecule has 3 rings (SSSR count). The van der Waals surface area contributed by atoms with Gasteiger partial charge in [0, 0.05) is 51.2 Å². The second-order valence-corrected chi connectivity index (χ2v) is 6.77. The molecule has 0 bridgehead atoms. The van der Waals surface area contributed by atoms with Crippen LogP contribution in [0.15, 0.2) is 29.1 Å². The number of likely N-dealkylation sites (tertiary alicyclic amines) is 1. The molecule has 1 aromatic heterocycles. The van der Waals surface area contributed by atoms with Crippen LogP contribution in [0.1, 0.15) is 18.5 Å². The predicted molar refractivity (Wildman–Crippen MR) is 94.8 cm³/mol. The molecule has 1 aliphatic heterocycles. The maximum atomic E-state index is 13.4. The Labute approximate surface area is 159 Å². The number of rotatable bonds is 4. The minimum Gasteiger partial charge on any atom is -0.490 e. The highest BCUT2D eigenvalue weighted by Gasteiger charge is 2.25. The van der Waals surface area contributed by atoms with Crippen molar-refractivity contribution in [3.05, 3.63) is 57.0 Å². The number of carbonyl (C=O) groups excluding carboxylic acids is 1. The van der Waals surface area contributed by atoms with Gasteiger partial charge in [0.15, 0.2) is 11.6 Å². The largest absolute Gasteiger partial charge is 0.490 e. The van der Waals surface area contributed by atoms with Gasteiger partial charge in [-0.3, -0.25) is 9.59 Å². The van der Waals surface area contributed by atoms with E-state index in [1.165, 1.54) is 23.9 Å². The van der Waals surface area contributed by atoms with Crippen molar-refractivity contribution in [2.45, 2.75) is 25.4 Å². The van der Waals surface area contributed by atoms with Gasteiger partial charge < -0.3 is 9.64 Å². The maximum absolute atomic E-state index is 13.4. The number of carbonyl (C=O) groups is 1. The molecule has 1 aromatic carbocycles. The molecule has 1 saturated heterocycles. The van der Waals surface area contributed by atoms with E-state index in [9.17, 15) is 18.4 Å². The van der Waals surface area contributed by atoms with E-state index < -0.39 is 11.6 Å². The SMILES string of the molecule is Cn1nc(CC(=O)N2CCC(Oc3cc(F)c(F)c(Cl)c3)CC2)ccc1=O. The molecule has 1 aliphatic rings. The normalized spacial score (nSPS) is 15.0. The molecule has 0 unspecified atom stereocenters. The van der Waals surface area contributed by atoms with Gasteiger partial charge in [-0.1, -0.05) is 11.6 Å². The summed E-state index contributed by atoms with van der Waals surface area (Å²) in [6.45, 7) is 0.958. The van der Waals surface area contributed by atoms with Gasteiger partial charge in [0.25, 0.3) is 5.56 Å². The molecular formula is C18H18ClF2N3O3. The fourth-order valence-electron chi connectivity index (χ4n) is 2.93. The van der Waals surface area contributed by atoms with E-state index >= 15 is 0 Å². The van der Waals surface area contributed by atoms with Crippen LogP contribution in [0.4, 0.5) is 8.78 Å². The lowest BCUT2D eigenvalue weighted by Crippen LogP contribution is -2.42. The predicted octanol–water partition coefficient (Wildman–Crippen LogP) is 2.32. The second kappa shape index (κ2) is 8.04. The van der Waals surface area contributed by atoms with Crippen LogP contribution in [0.5, 0.6) is 5.75 Å². The highest BCUT2D eigenvalue weighted by molar-refractivity contribution is 6.30. The highest BCUT2D eigenvalue weighted by atomic mass is 35.5. The van der Waals surface area contributed by atoms with Gasteiger partial charge in [-0.2, -0.15) is 5.10 Å². The van der Waals surface area contributed by atoms with Crippen LogP contribution in [0.25, 0.3) is 0 Å². The average Bonchev–Trinajstić information content (AvgIpc) is 2.63. The van der Waals surface area contributed by atoms with E-state index in [-0.39, 0.29) is 34.8 Å². The Bertz CT molecular complexity index is 888. The van der Waals surface area contributed by atoms with Crippen LogP contribution in [-0.4, -0.2) is 39.8 Å². The number of hydrogen-bond acceptors (Lipinski definition) is 4. The van der Waals surface area contributed by atoms with Gasteiger partial charge in [0.05, 0.1) is 17.1 Å². The van der Waals surface area contributed by atoms with Gasteiger partial charge in [-0.05, 0) is 6.07 Å². The minimum absolute atomic E-state index is 0.0875. The quantitative estimate of drug-likeness (QED) is 0.743. The third-order valence-corrected chi connectivity index (χ3v) is 4.68. The lowest BCUT2D eigenvalue weighted by atomic mass is 10.1. The van der Waals surface area contributed by atoms with Crippen LogP contribution in [0, 0.1) is 11.6 Å². The molecule has 0 radical (unpaired) electrons. The smallest absolute Gasteiger partial charge is 0.266 e. The lowest BCUT2D eigenvalue weighted by molar-refractivity contribution is -0.132. The van der Waals surface area contributed by atoms with Crippen molar-refractivity contribution in [2.24, 2.45) is 7.05 Å². The first-order valence-corrected chi connectivity index (χ1v) is 8.83. The molecule has 0 atom stereocenters. The number of amides is 1. The zero-order valence-electron chi connectivity index (χ0n) is 14.6. The maximum Gasteiger partial charge on any atom is 0.266 e. The van der Waals surface area contributed by atoms with Crippen molar-refractivity contribution in [1.82, 2.24) is 14.7 Å². The first-order valence-electron chi connectivity index (χ1n) is 8.45. The number of piperidine rings is 1. The summed E-state index contributed by atoms with van der Waals surface area (Å²) in [5.41, 5.74) is 0.290. The van der Waals surface area contributed by atoms with Crippen LogP contribution in [0.3, 0.4) is 0 Å². The monoisotopic (exact) mass is 397 g/mol. The molecular weight excluding hydrogens is 380 g/mol. The van der Waals surface area contributed by atoms with Crippen molar-refractivity contribution in [3.63, 3.8) is 0 Å². The summed E-state index contributed by atoms with van der Waals surface area (Å²) in [7, 11) is 1.53. The number of aromatic nitrogens is 2. The zero-order valence-corrected chi connectivity index (χ0v) is 15.4. The minimum atomic E-state index is -1.10. The number of nitrogens with zero attached hydrogens (tertiary/aromatic N) is 3. The Morgan fingerprint density at radius 1 is 1.30 bits per heavy atom. The van der Waals surface area contributed by atoms with Crippen LogP contribution >= 0.6 is 11.6 Å². The molecule has 27 heavy (non-hydrogen) atoms. The van der Waals surface area contributed by atoms with Crippen molar-refractivity contribution in [2.75, 3.05) is 13.1 Å². The van der Waals surface area contributed by atoms with Crippen molar-refractivity contribution in [1.29, 1.82) is 0 Å².